The van der Waals surface area contributed by atoms with E-state index in [1.165, 1.54) is 6.33 Å². The van der Waals surface area contributed by atoms with Gasteiger partial charge < -0.3 is 22.9 Å². The lowest BCUT2D eigenvalue weighted by atomic mass is 9.99. The van der Waals surface area contributed by atoms with Crippen LogP contribution in [0.15, 0.2) is 30.7 Å². The minimum absolute atomic E-state index is 0.00676. The number of alkyl halides is 1. The average Bonchev–Trinajstić information content (AvgIpc) is 3.39. The van der Waals surface area contributed by atoms with E-state index in [1.54, 1.807) is 53.8 Å². The van der Waals surface area contributed by atoms with E-state index in [1.807, 2.05) is 4.57 Å². The van der Waals surface area contributed by atoms with Crippen LogP contribution in [0.25, 0.3) is 11.0 Å². The third-order valence-electron chi connectivity index (χ3n) is 9.76. The largest absolute Gasteiger partial charge is 0.443 e. The van der Waals surface area contributed by atoms with Crippen LogP contribution in [-0.2, 0) is 18.3 Å². The van der Waals surface area contributed by atoms with Crippen LogP contribution >= 0.6 is 0 Å². The molecule has 0 spiro atoms. The quantitative estimate of drug-likeness (QED) is 0.207. The van der Waals surface area contributed by atoms with Gasteiger partial charge in [0.1, 0.15) is 23.2 Å². The molecule has 1 aliphatic rings. The number of nitrogens with zero attached hydrogens (tertiary/aromatic N) is 4. The number of anilines is 1. The van der Waals surface area contributed by atoms with Crippen molar-refractivity contribution in [3.05, 3.63) is 30.7 Å². The zero-order valence-corrected chi connectivity index (χ0v) is 34.1. The lowest BCUT2D eigenvalue weighted by Crippen LogP contribution is -2.52. The zero-order chi connectivity index (χ0) is 37.1. The fourth-order valence-corrected chi connectivity index (χ4v) is 7.26. The van der Waals surface area contributed by atoms with Gasteiger partial charge in [-0.2, -0.15) is 4.90 Å². The molecule has 1 saturated carbocycles. The Morgan fingerprint density at radius 1 is 0.917 bits per heavy atom. The fourth-order valence-electron chi connectivity index (χ4n) is 4.91. The number of rotatable bonds is 7. The third kappa shape index (κ3) is 8.39. The molecule has 0 saturated heterocycles. The number of imide groups is 1. The molecule has 2 aromatic rings. The standard InChI is InChI=1S/C35H59FN4O6Si2/c1-23-25(20-26(46-48(16,17)34(11,12)13)35(23,36)21-43-47(14,15)33(8,9)10)39-19-18-24-27(39)37-22-38-28(24)40(29(41)44-31(2,3)4)30(42)45-32(5,6)7/h18-19,22,25-26H,1,20-21H2,2-17H3/t25-,26-,35+/m0/s1. The summed E-state index contributed by atoms with van der Waals surface area (Å²) in [6.45, 7) is 35.6. The zero-order valence-electron chi connectivity index (χ0n) is 32.1. The van der Waals surface area contributed by atoms with E-state index in [9.17, 15) is 9.59 Å². The summed E-state index contributed by atoms with van der Waals surface area (Å²) in [6.07, 6.45) is 0.629. The summed E-state index contributed by atoms with van der Waals surface area (Å²) in [6, 6.07) is 1.15. The maximum Gasteiger partial charge on any atom is 0.425 e. The van der Waals surface area contributed by atoms with Gasteiger partial charge in [0.2, 0.25) is 0 Å². The Kier molecular flexibility index (Phi) is 10.7. The summed E-state index contributed by atoms with van der Waals surface area (Å²) in [5.74, 6) is -0.00676. The normalized spacial score (nSPS) is 21.5. The molecule has 13 heteroatoms. The fraction of sp³-hybridized carbons (Fsp3) is 0.714. The molecule has 0 aliphatic heterocycles. The maximum absolute atomic E-state index is 17.7. The van der Waals surface area contributed by atoms with Gasteiger partial charge in [-0.3, -0.25) is 0 Å². The van der Waals surface area contributed by atoms with E-state index in [2.05, 4.69) is 84.3 Å². The molecular weight excluding hydrogens is 648 g/mol. The summed E-state index contributed by atoms with van der Waals surface area (Å²) in [7, 11) is -4.75. The van der Waals surface area contributed by atoms with E-state index in [0.29, 0.717) is 23.0 Å². The van der Waals surface area contributed by atoms with Crippen molar-refractivity contribution in [2.45, 2.75) is 155 Å². The second-order valence-electron chi connectivity index (χ2n) is 18.0. The highest BCUT2D eigenvalue weighted by Gasteiger charge is 2.57. The van der Waals surface area contributed by atoms with Crippen LogP contribution in [0.5, 0.6) is 0 Å². The molecule has 3 atom stereocenters. The van der Waals surface area contributed by atoms with E-state index in [4.69, 9.17) is 18.3 Å². The van der Waals surface area contributed by atoms with Gasteiger partial charge in [0.25, 0.3) is 0 Å². The molecule has 3 rings (SSSR count). The van der Waals surface area contributed by atoms with Gasteiger partial charge in [-0.1, -0.05) is 48.1 Å². The number of carbonyl (C=O) groups is 2. The highest BCUT2D eigenvalue weighted by molar-refractivity contribution is 6.74. The van der Waals surface area contributed by atoms with Crippen LogP contribution in [-0.4, -0.2) is 72.9 Å². The van der Waals surface area contributed by atoms with E-state index >= 15 is 4.39 Å². The molecule has 2 aromatic heterocycles. The number of hydrogen-bond donors (Lipinski definition) is 0. The van der Waals surface area contributed by atoms with Gasteiger partial charge in [-0.15, -0.1) is 0 Å². The first-order valence-corrected chi connectivity index (χ1v) is 22.5. The maximum atomic E-state index is 17.7. The topological polar surface area (TPSA) is 105 Å². The Labute approximate surface area is 289 Å². The molecule has 48 heavy (non-hydrogen) atoms. The van der Waals surface area contributed by atoms with Crippen LogP contribution in [0.4, 0.5) is 19.8 Å². The molecule has 2 amide bonds. The first-order chi connectivity index (χ1) is 21.4. The monoisotopic (exact) mass is 706 g/mol. The molecule has 1 fully saturated rings. The van der Waals surface area contributed by atoms with Crippen molar-refractivity contribution in [2.24, 2.45) is 0 Å². The highest BCUT2D eigenvalue weighted by atomic mass is 28.4. The van der Waals surface area contributed by atoms with Crippen molar-refractivity contribution in [3.63, 3.8) is 0 Å². The number of aromatic nitrogens is 3. The minimum atomic E-state index is -2.43. The molecule has 0 radical (unpaired) electrons. The van der Waals surface area contributed by atoms with Crippen LogP contribution in [0.3, 0.4) is 0 Å². The van der Waals surface area contributed by atoms with Gasteiger partial charge in [-0.05, 0) is 89.4 Å². The predicted octanol–water partition coefficient (Wildman–Crippen LogP) is 9.73. The van der Waals surface area contributed by atoms with Crippen molar-refractivity contribution < 1.29 is 32.3 Å². The molecule has 0 bridgehead atoms. The van der Waals surface area contributed by atoms with E-state index in [0.717, 1.165) is 4.90 Å². The van der Waals surface area contributed by atoms with Crippen molar-refractivity contribution in [2.75, 3.05) is 11.5 Å². The summed E-state index contributed by atoms with van der Waals surface area (Å²) >= 11 is 0. The van der Waals surface area contributed by atoms with Gasteiger partial charge in [0.15, 0.2) is 28.1 Å². The predicted molar refractivity (Wildman–Crippen MR) is 194 cm³/mol. The first kappa shape index (κ1) is 39.8. The van der Waals surface area contributed by atoms with Crippen LogP contribution in [0.2, 0.25) is 36.3 Å². The molecular formula is C35H59FN4O6Si2. The SMILES string of the molecule is C=C1[C@@H](n2ccc3c(N(C(=O)OC(C)(C)C)C(=O)OC(C)(C)C)ncnc32)C[C@H](O[Si](C)(C)C(C)(C)C)[C@@]1(F)CO[Si](C)(C)C(C)(C)C. The summed E-state index contributed by atoms with van der Waals surface area (Å²) in [5.41, 5.74) is -3.04. The van der Waals surface area contributed by atoms with Gasteiger partial charge in [0, 0.05) is 12.6 Å². The second-order valence-corrected chi connectivity index (χ2v) is 27.6. The molecule has 1 aliphatic carbocycles. The average molecular weight is 707 g/mol. The lowest BCUT2D eigenvalue weighted by Gasteiger charge is -2.43. The lowest BCUT2D eigenvalue weighted by molar-refractivity contribution is 0.00840. The van der Waals surface area contributed by atoms with Crippen molar-refractivity contribution in [3.8, 4) is 0 Å². The van der Waals surface area contributed by atoms with Crippen molar-refractivity contribution in [1.29, 1.82) is 0 Å². The number of amides is 2. The number of hydrogen-bond acceptors (Lipinski definition) is 8. The number of ether oxygens (including phenoxy) is 2. The van der Waals surface area contributed by atoms with Crippen LogP contribution in [0.1, 0.15) is 95.5 Å². The highest BCUT2D eigenvalue weighted by Crippen LogP contribution is 2.51. The Hall–Kier alpha value is -2.62. The van der Waals surface area contributed by atoms with Crippen molar-refractivity contribution >= 4 is 45.7 Å². The van der Waals surface area contributed by atoms with Crippen LogP contribution < -0.4 is 4.90 Å². The molecule has 0 aromatic carbocycles. The van der Waals surface area contributed by atoms with E-state index < -0.39 is 57.8 Å². The number of halogens is 1. The molecule has 0 N–H and O–H groups in total. The Morgan fingerprint density at radius 3 is 1.88 bits per heavy atom. The summed E-state index contributed by atoms with van der Waals surface area (Å²) in [5, 5.41) is 0.122. The Bertz CT molecular complexity index is 1500. The minimum Gasteiger partial charge on any atom is -0.443 e. The van der Waals surface area contributed by atoms with Gasteiger partial charge >= 0.3 is 12.2 Å². The first-order valence-electron chi connectivity index (χ1n) is 16.7. The Morgan fingerprint density at radius 2 is 1.42 bits per heavy atom. The number of carbonyl (C=O) groups excluding carboxylic acids is 2. The molecule has 0 unspecified atom stereocenters. The van der Waals surface area contributed by atoms with Crippen molar-refractivity contribution in [1.82, 2.24) is 14.5 Å². The summed E-state index contributed by atoms with van der Waals surface area (Å²) < 4.78 is 44.0. The smallest absolute Gasteiger partial charge is 0.425 e. The third-order valence-corrected chi connectivity index (χ3v) is 18.7. The molecule has 270 valence electrons. The number of fused-ring (bicyclic) bond motifs is 1. The Balaban J connectivity index is 2.14. The van der Waals surface area contributed by atoms with E-state index in [-0.39, 0.29) is 22.5 Å². The van der Waals surface area contributed by atoms with Gasteiger partial charge in [0.05, 0.1) is 24.1 Å². The van der Waals surface area contributed by atoms with Crippen LogP contribution in [0, 0.1) is 0 Å². The second kappa shape index (κ2) is 12.9. The molecule has 2 heterocycles. The summed E-state index contributed by atoms with van der Waals surface area (Å²) in [4.78, 5) is 36.6. The molecule has 10 nitrogen and oxygen atoms in total. The van der Waals surface area contributed by atoms with Gasteiger partial charge in [-0.25, -0.2) is 23.9 Å².